The summed E-state index contributed by atoms with van der Waals surface area (Å²) in [5.41, 5.74) is 2.37. The van der Waals surface area contributed by atoms with Crippen molar-refractivity contribution >= 4 is 11.6 Å². The summed E-state index contributed by atoms with van der Waals surface area (Å²) >= 11 is 0. The maximum atomic E-state index is 11.7. The molecular weight excluding hydrogens is 308 g/mol. The van der Waals surface area contributed by atoms with Crippen molar-refractivity contribution in [3.63, 3.8) is 0 Å². The first-order valence-corrected chi connectivity index (χ1v) is 7.89. The maximum absolute atomic E-state index is 11.7. The number of fused-ring (bicyclic) bond motifs is 1. The van der Waals surface area contributed by atoms with Crippen LogP contribution in [0, 0.1) is 10.1 Å². The third-order valence-corrected chi connectivity index (χ3v) is 4.22. The number of nitrogens with one attached hydrogen (secondary N) is 1. The van der Waals surface area contributed by atoms with Crippen molar-refractivity contribution in [2.24, 2.45) is 0 Å². The summed E-state index contributed by atoms with van der Waals surface area (Å²) in [6.07, 6.45) is 4.16. The lowest BCUT2D eigenvalue weighted by Crippen LogP contribution is -2.17. The van der Waals surface area contributed by atoms with E-state index in [0.29, 0.717) is 5.75 Å². The highest BCUT2D eigenvalue weighted by Gasteiger charge is 2.21. The first-order chi connectivity index (χ1) is 11.6. The van der Waals surface area contributed by atoms with Gasteiger partial charge in [0.1, 0.15) is 5.75 Å². The van der Waals surface area contributed by atoms with E-state index in [9.17, 15) is 14.9 Å². The highest BCUT2D eigenvalue weighted by atomic mass is 16.6. The summed E-state index contributed by atoms with van der Waals surface area (Å²) in [7, 11) is 1.48. The topological polar surface area (TPSA) is 81.5 Å². The Morgan fingerprint density at radius 2 is 1.96 bits per heavy atom. The van der Waals surface area contributed by atoms with E-state index in [0.717, 1.165) is 31.2 Å². The minimum Gasteiger partial charge on any atom is -0.450 e. The molecule has 0 saturated heterocycles. The second-order valence-electron chi connectivity index (χ2n) is 5.72. The minimum absolute atomic E-state index is 0.145. The standard InChI is InChI=1S/C18H18N2O4/c1-19-18(21)13-9-10-17(15(11-13)20(22)23)24-16-8-4-6-12-5-2-3-7-14(12)16/h4,6,8-11H,2-3,5,7H2,1H3,(H,19,21). The molecule has 3 rings (SSSR count). The van der Waals surface area contributed by atoms with E-state index in [1.807, 2.05) is 12.1 Å². The maximum Gasteiger partial charge on any atom is 0.312 e. The summed E-state index contributed by atoms with van der Waals surface area (Å²) in [4.78, 5) is 22.5. The van der Waals surface area contributed by atoms with E-state index < -0.39 is 4.92 Å². The molecule has 1 amide bonds. The fourth-order valence-electron chi connectivity index (χ4n) is 2.99. The molecule has 2 aromatic carbocycles. The molecule has 0 fully saturated rings. The van der Waals surface area contributed by atoms with Crippen LogP contribution in [0.15, 0.2) is 36.4 Å². The summed E-state index contributed by atoms with van der Waals surface area (Å²) < 4.78 is 5.86. The van der Waals surface area contributed by atoms with Crippen LogP contribution < -0.4 is 10.1 Å². The van der Waals surface area contributed by atoms with Gasteiger partial charge >= 0.3 is 5.69 Å². The molecule has 0 unspecified atom stereocenters. The zero-order valence-corrected chi connectivity index (χ0v) is 13.4. The Bertz CT molecular complexity index is 802. The molecule has 0 aromatic heterocycles. The van der Waals surface area contributed by atoms with Crippen LogP contribution in [-0.4, -0.2) is 17.9 Å². The predicted molar refractivity (Wildman–Crippen MR) is 89.6 cm³/mol. The van der Waals surface area contributed by atoms with Gasteiger partial charge in [-0.05, 0) is 55.0 Å². The van der Waals surface area contributed by atoms with Crippen molar-refractivity contribution in [2.75, 3.05) is 7.05 Å². The second-order valence-corrected chi connectivity index (χ2v) is 5.72. The van der Waals surface area contributed by atoms with E-state index in [2.05, 4.69) is 11.4 Å². The zero-order chi connectivity index (χ0) is 17.1. The SMILES string of the molecule is CNC(=O)c1ccc(Oc2cccc3c2CCCC3)c([N+](=O)[O-])c1. The molecule has 6 nitrogen and oxygen atoms in total. The van der Waals surface area contributed by atoms with E-state index in [1.54, 1.807) is 0 Å². The number of rotatable bonds is 4. The molecule has 124 valence electrons. The molecule has 0 radical (unpaired) electrons. The van der Waals surface area contributed by atoms with Crippen LogP contribution >= 0.6 is 0 Å². The van der Waals surface area contributed by atoms with Crippen LogP contribution in [0.2, 0.25) is 0 Å². The molecule has 0 spiro atoms. The van der Waals surface area contributed by atoms with Crippen LogP contribution in [0.25, 0.3) is 0 Å². The number of hydrogen-bond acceptors (Lipinski definition) is 4. The molecule has 1 aliphatic carbocycles. The van der Waals surface area contributed by atoms with Crippen molar-refractivity contribution in [3.05, 3.63) is 63.2 Å². The smallest absolute Gasteiger partial charge is 0.312 e. The van der Waals surface area contributed by atoms with Crippen LogP contribution in [0.1, 0.15) is 34.3 Å². The first kappa shape index (κ1) is 16.0. The van der Waals surface area contributed by atoms with Crippen LogP contribution in [0.4, 0.5) is 5.69 Å². The molecule has 0 saturated carbocycles. The Labute approximate surface area is 139 Å². The normalized spacial score (nSPS) is 13.0. The largest absolute Gasteiger partial charge is 0.450 e. The first-order valence-electron chi connectivity index (χ1n) is 7.89. The molecule has 0 aliphatic heterocycles. The van der Waals surface area contributed by atoms with Crippen LogP contribution in [-0.2, 0) is 12.8 Å². The Morgan fingerprint density at radius 1 is 1.17 bits per heavy atom. The summed E-state index contributed by atoms with van der Waals surface area (Å²) in [5.74, 6) is 0.427. The van der Waals surface area contributed by atoms with Gasteiger partial charge in [-0.25, -0.2) is 0 Å². The van der Waals surface area contributed by atoms with Gasteiger partial charge in [0.05, 0.1) is 4.92 Å². The molecule has 6 heteroatoms. The van der Waals surface area contributed by atoms with Crippen molar-refractivity contribution in [1.29, 1.82) is 0 Å². The third kappa shape index (κ3) is 3.08. The quantitative estimate of drug-likeness (QED) is 0.687. The zero-order valence-electron chi connectivity index (χ0n) is 13.4. The number of carbonyl (C=O) groups excluding carboxylic acids is 1. The van der Waals surface area contributed by atoms with Crippen molar-refractivity contribution < 1.29 is 14.5 Å². The molecule has 1 aliphatic rings. The number of carbonyl (C=O) groups is 1. The van der Waals surface area contributed by atoms with E-state index in [1.165, 1.54) is 30.8 Å². The van der Waals surface area contributed by atoms with Crippen molar-refractivity contribution in [2.45, 2.75) is 25.7 Å². The summed E-state index contributed by atoms with van der Waals surface area (Å²) in [5, 5.41) is 13.8. The molecule has 0 heterocycles. The summed E-state index contributed by atoms with van der Waals surface area (Å²) in [6.45, 7) is 0. The van der Waals surface area contributed by atoms with Gasteiger partial charge in [-0.2, -0.15) is 0 Å². The predicted octanol–water partition coefficient (Wildman–Crippen LogP) is 3.63. The number of nitrogens with zero attached hydrogens (tertiary/aromatic N) is 1. The number of hydrogen-bond donors (Lipinski definition) is 1. The van der Waals surface area contributed by atoms with Crippen molar-refractivity contribution in [3.8, 4) is 11.5 Å². The fraction of sp³-hybridized carbons (Fsp3) is 0.278. The number of aryl methyl sites for hydroxylation is 1. The van der Waals surface area contributed by atoms with Crippen LogP contribution in [0.5, 0.6) is 11.5 Å². The monoisotopic (exact) mass is 326 g/mol. The molecule has 0 atom stereocenters. The molecule has 24 heavy (non-hydrogen) atoms. The number of benzene rings is 2. The van der Waals surface area contributed by atoms with E-state index in [-0.39, 0.29) is 22.9 Å². The second kappa shape index (κ2) is 6.70. The lowest BCUT2D eigenvalue weighted by molar-refractivity contribution is -0.385. The van der Waals surface area contributed by atoms with Crippen molar-refractivity contribution in [1.82, 2.24) is 5.32 Å². The Balaban J connectivity index is 1.98. The number of nitro groups is 1. The molecule has 0 bridgehead atoms. The number of nitro benzene ring substituents is 1. The third-order valence-electron chi connectivity index (χ3n) is 4.22. The Kier molecular flexibility index (Phi) is 4.46. The lowest BCUT2D eigenvalue weighted by Gasteiger charge is -2.19. The van der Waals surface area contributed by atoms with Gasteiger partial charge in [-0.1, -0.05) is 12.1 Å². The Morgan fingerprint density at radius 3 is 2.71 bits per heavy atom. The fourth-order valence-corrected chi connectivity index (χ4v) is 2.99. The van der Waals surface area contributed by atoms with Gasteiger partial charge in [-0.15, -0.1) is 0 Å². The van der Waals surface area contributed by atoms with Gasteiger partial charge in [0.15, 0.2) is 0 Å². The highest BCUT2D eigenvalue weighted by Crippen LogP contribution is 2.36. The molecule has 1 N–H and O–H groups in total. The van der Waals surface area contributed by atoms with Gasteiger partial charge in [0.25, 0.3) is 5.91 Å². The van der Waals surface area contributed by atoms with Gasteiger partial charge in [-0.3, -0.25) is 14.9 Å². The van der Waals surface area contributed by atoms with E-state index >= 15 is 0 Å². The lowest BCUT2D eigenvalue weighted by atomic mass is 9.91. The van der Waals surface area contributed by atoms with Gasteiger partial charge < -0.3 is 10.1 Å². The van der Waals surface area contributed by atoms with Gasteiger partial charge in [0.2, 0.25) is 5.75 Å². The number of amides is 1. The average Bonchev–Trinajstić information content (AvgIpc) is 2.61. The molecular formula is C18H18N2O4. The minimum atomic E-state index is -0.531. The highest BCUT2D eigenvalue weighted by molar-refractivity contribution is 5.95. The summed E-state index contributed by atoms with van der Waals surface area (Å²) in [6, 6.07) is 10.1. The average molecular weight is 326 g/mol. The molecule has 2 aromatic rings. The van der Waals surface area contributed by atoms with Crippen LogP contribution in [0.3, 0.4) is 0 Å². The Hall–Kier alpha value is -2.89. The van der Waals surface area contributed by atoms with Gasteiger partial charge in [0, 0.05) is 18.7 Å². The number of ether oxygens (including phenoxy) is 1. The van der Waals surface area contributed by atoms with E-state index in [4.69, 9.17) is 4.74 Å².